The first kappa shape index (κ1) is 20.6. The largest absolute Gasteiger partial charge is 0.311 e. The number of benzene rings is 2. The third-order valence-corrected chi connectivity index (χ3v) is 7.10. The van der Waals surface area contributed by atoms with Crippen LogP contribution in [0.1, 0.15) is 30.9 Å². The summed E-state index contributed by atoms with van der Waals surface area (Å²) in [6.07, 6.45) is 6.18. The first-order valence-corrected chi connectivity index (χ1v) is 12.0. The second-order valence-electron chi connectivity index (χ2n) is 8.17. The van der Waals surface area contributed by atoms with Crippen LogP contribution in [0.5, 0.6) is 0 Å². The highest BCUT2D eigenvalue weighted by Crippen LogP contribution is 2.33. The van der Waals surface area contributed by atoms with Gasteiger partial charge < -0.3 is 4.90 Å². The first-order chi connectivity index (χ1) is 15.7. The van der Waals surface area contributed by atoms with Gasteiger partial charge in [-0.05, 0) is 61.4 Å². The van der Waals surface area contributed by atoms with Gasteiger partial charge in [-0.25, -0.2) is 4.98 Å². The van der Waals surface area contributed by atoms with E-state index in [1.165, 1.54) is 46.2 Å². The summed E-state index contributed by atoms with van der Waals surface area (Å²) in [6.45, 7) is 2.43. The Labute approximate surface area is 191 Å². The Morgan fingerprint density at radius 3 is 2.66 bits per heavy atom. The van der Waals surface area contributed by atoms with Crippen molar-refractivity contribution < 1.29 is 4.79 Å². The number of carbonyl (C=O) groups is 1. The van der Waals surface area contributed by atoms with E-state index in [4.69, 9.17) is 0 Å². The van der Waals surface area contributed by atoms with E-state index >= 15 is 0 Å². The minimum Gasteiger partial charge on any atom is -0.311 e. The molecule has 1 aliphatic rings. The van der Waals surface area contributed by atoms with Gasteiger partial charge in [-0.3, -0.25) is 14.2 Å². The van der Waals surface area contributed by atoms with Crippen LogP contribution in [0.25, 0.3) is 21.3 Å². The molecule has 0 bridgehead atoms. The van der Waals surface area contributed by atoms with Crippen LogP contribution < -0.4 is 10.5 Å². The molecule has 0 saturated heterocycles. The highest BCUT2D eigenvalue weighted by Gasteiger charge is 2.19. The lowest BCUT2D eigenvalue weighted by molar-refractivity contribution is -0.119. The number of thiophene rings is 1. The Hall–Kier alpha value is -3.25. The van der Waals surface area contributed by atoms with E-state index in [2.05, 4.69) is 23.2 Å². The number of para-hydroxylation sites is 1. The molecule has 0 unspecified atom stereocenters. The molecule has 2 heterocycles. The summed E-state index contributed by atoms with van der Waals surface area (Å²) in [4.78, 5) is 33.3. The van der Waals surface area contributed by atoms with Gasteiger partial charge >= 0.3 is 0 Å². The number of aryl methyl sites for hydroxylation is 2. The molecule has 1 aliphatic carbocycles. The predicted octanol–water partition coefficient (Wildman–Crippen LogP) is 5.06. The van der Waals surface area contributed by atoms with Crippen molar-refractivity contribution in [3.05, 3.63) is 81.7 Å². The molecule has 4 aromatic rings. The number of rotatable bonds is 5. The third-order valence-electron chi connectivity index (χ3n) is 6.21. The van der Waals surface area contributed by atoms with E-state index in [0.29, 0.717) is 16.8 Å². The molecule has 0 radical (unpaired) electrons. The van der Waals surface area contributed by atoms with Crippen molar-refractivity contribution in [1.29, 1.82) is 0 Å². The molecule has 32 heavy (non-hydrogen) atoms. The molecule has 0 aliphatic heterocycles. The van der Waals surface area contributed by atoms with Gasteiger partial charge in [0.2, 0.25) is 5.91 Å². The number of likely N-dealkylation sites (N-methyl/N-ethyl adjacent to an activating group) is 1. The van der Waals surface area contributed by atoms with E-state index in [0.717, 1.165) is 29.7 Å². The summed E-state index contributed by atoms with van der Waals surface area (Å²) in [7, 11) is 0. The number of aromatic nitrogens is 2. The predicted molar refractivity (Wildman–Crippen MR) is 130 cm³/mol. The van der Waals surface area contributed by atoms with Crippen LogP contribution in [-0.2, 0) is 24.2 Å². The lowest BCUT2D eigenvalue weighted by Crippen LogP contribution is -2.36. The molecule has 1 amide bonds. The quantitative estimate of drug-likeness (QED) is 0.433. The van der Waals surface area contributed by atoms with Gasteiger partial charge in [0.15, 0.2) is 0 Å². The fourth-order valence-electron chi connectivity index (χ4n) is 4.54. The Balaban J connectivity index is 1.50. The monoisotopic (exact) mass is 443 g/mol. The molecule has 2 aromatic carbocycles. The maximum Gasteiger partial charge on any atom is 0.263 e. The standard InChI is InChI=1S/C26H25N3O2S/c1-2-29(21-10-4-3-5-11-21)23(30)15-28-17-27-25-24(26(28)31)22(16-32-25)20-13-12-18-8-6-7-9-19(18)14-20/h3-5,10-14,16-17H,2,6-9,15H2,1H3. The van der Waals surface area contributed by atoms with E-state index in [-0.39, 0.29) is 18.0 Å². The van der Waals surface area contributed by atoms with Gasteiger partial charge in [-0.15, -0.1) is 11.3 Å². The van der Waals surface area contributed by atoms with Gasteiger partial charge in [0.25, 0.3) is 5.56 Å². The number of amides is 1. The van der Waals surface area contributed by atoms with Crippen LogP contribution in [0.2, 0.25) is 0 Å². The van der Waals surface area contributed by atoms with Gasteiger partial charge in [0.1, 0.15) is 11.4 Å². The Morgan fingerprint density at radius 2 is 1.88 bits per heavy atom. The second kappa shape index (κ2) is 8.71. The molecule has 2 aromatic heterocycles. The Morgan fingerprint density at radius 1 is 1.09 bits per heavy atom. The number of hydrogen-bond acceptors (Lipinski definition) is 4. The average molecular weight is 444 g/mol. The zero-order valence-electron chi connectivity index (χ0n) is 18.1. The van der Waals surface area contributed by atoms with E-state index in [1.54, 1.807) is 4.90 Å². The minimum atomic E-state index is -0.165. The van der Waals surface area contributed by atoms with Gasteiger partial charge in [-0.2, -0.15) is 0 Å². The van der Waals surface area contributed by atoms with Gasteiger partial charge in [-0.1, -0.05) is 36.4 Å². The Kier molecular flexibility index (Phi) is 5.62. The molecule has 0 N–H and O–H groups in total. The number of fused-ring (bicyclic) bond motifs is 2. The van der Waals surface area contributed by atoms with Crippen LogP contribution in [-0.4, -0.2) is 22.0 Å². The number of anilines is 1. The van der Waals surface area contributed by atoms with E-state index in [9.17, 15) is 9.59 Å². The van der Waals surface area contributed by atoms with Gasteiger partial charge in [0, 0.05) is 23.2 Å². The number of carbonyl (C=O) groups excluding carboxylic acids is 1. The fourth-order valence-corrected chi connectivity index (χ4v) is 5.44. The van der Waals surface area contributed by atoms with Crippen LogP contribution in [0, 0.1) is 0 Å². The fraction of sp³-hybridized carbons (Fsp3) is 0.269. The third kappa shape index (κ3) is 3.75. The minimum absolute atomic E-state index is 0.0377. The van der Waals surface area contributed by atoms with E-state index < -0.39 is 0 Å². The zero-order valence-corrected chi connectivity index (χ0v) is 18.9. The normalized spacial score (nSPS) is 13.2. The molecule has 0 atom stereocenters. The summed E-state index contributed by atoms with van der Waals surface area (Å²) in [5, 5.41) is 2.61. The van der Waals surface area contributed by atoms with Crippen molar-refractivity contribution in [2.24, 2.45) is 0 Å². The van der Waals surface area contributed by atoms with Crippen molar-refractivity contribution >= 4 is 33.1 Å². The second-order valence-corrected chi connectivity index (χ2v) is 9.03. The van der Waals surface area contributed by atoms with Crippen molar-refractivity contribution in [2.45, 2.75) is 39.2 Å². The molecule has 5 nitrogen and oxygen atoms in total. The van der Waals surface area contributed by atoms with Crippen LogP contribution >= 0.6 is 11.3 Å². The van der Waals surface area contributed by atoms with Crippen molar-refractivity contribution in [2.75, 3.05) is 11.4 Å². The molecule has 6 heteroatoms. The summed E-state index contributed by atoms with van der Waals surface area (Å²) in [5.41, 5.74) is 5.43. The Bertz CT molecular complexity index is 1340. The average Bonchev–Trinajstić information content (AvgIpc) is 3.27. The summed E-state index contributed by atoms with van der Waals surface area (Å²) >= 11 is 1.48. The lowest BCUT2D eigenvalue weighted by Gasteiger charge is -2.21. The maximum absolute atomic E-state index is 13.4. The smallest absolute Gasteiger partial charge is 0.263 e. The zero-order chi connectivity index (χ0) is 22.1. The molecular weight excluding hydrogens is 418 g/mol. The molecular formula is C26H25N3O2S. The van der Waals surface area contributed by atoms with E-state index in [1.807, 2.05) is 42.6 Å². The summed E-state index contributed by atoms with van der Waals surface area (Å²) in [6, 6.07) is 16.1. The first-order valence-electron chi connectivity index (χ1n) is 11.1. The van der Waals surface area contributed by atoms with Crippen LogP contribution in [0.15, 0.2) is 65.0 Å². The van der Waals surface area contributed by atoms with Crippen molar-refractivity contribution in [3.8, 4) is 11.1 Å². The number of nitrogens with zero attached hydrogens (tertiary/aromatic N) is 3. The SMILES string of the molecule is CCN(C(=O)Cn1cnc2scc(-c3ccc4c(c3)CCCC4)c2c1=O)c1ccccc1. The summed E-state index contributed by atoms with van der Waals surface area (Å²) < 4.78 is 1.44. The molecule has 0 fully saturated rings. The number of hydrogen-bond donors (Lipinski definition) is 0. The highest BCUT2D eigenvalue weighted by atomic mass is 32.1. The maximum atomic E-state index is 13.4. The molecule has 0 spiro atoms. The van der Waals surface area contributed by atoms with Crippen LogP contribution in [0.3, 0.4) is 0 Å². The van der Waals surface area contributed by atoms with Crippen molar-refractivity contribution in [3.63, 3.8) is 0 Å². The molecule has 5 rings (SSSR count). The lowest BCUT2D eigenvalue weighted by atomic mass is 9.89. The molecule has 0 saturated carbocycles. The molecule has 162 valence electrons. The van der Waals surface area contributed by atoms with Crippen molar-refractivity contribution in [1.82, 2.24) is 9.55 Å². The highest BCUT2D eigenvalue weighted by molar-refractivity contribution is 7.17. The summed E-state index contributed by atoms with van der Waals surface area (Å²) in [5.74, 6) is -0.132. The van der Waals surface area contributed by atoms with Gasteiger partial charge in [0.05, 0.1) is 11.7 Å². The van der Waals surface area contributed by atoms with Crippen LogP contribution in [0.4, 0.5) is 5.69 Å². The topological polar surface area (TPSA) is 55.2 Å².